The number of methoxy groups -OCH3 is 4. The standard InChI is InChI=1S/C20H20O7.C6H6O/c1-23-16-6-5-11(7-15(16)22)13-8-12(21)10-27-18-14(13)9-17(24-2)19(25-3)20(18)26-4;7-6-4-2-1-3-5-6/h5-9,22H,10H2,1-4H3;1-5,7H. The van der Waals surface area contributed by atoms with Gasteiger partial charge in [-0.3, -0.25) is 4.79 Å². The second-order valence-electron chi connectivity index (χ2n) is 7.06. The highest BCUT2D eigenvalue weighted by atomic mass is 16.5. The summed E-state index contributed by atoms with van der Waals surface area (Å²) in [6, 6.07) is 15.3. The van der Waals surface area contributed by atoms with Crippen molar-refractivity contribution in [3.8, 4) is 40.2 Å². The number of carbonyl (C=O) groups is 1. The Kier molecular flexibility index (Phi) is 7.87. The van der Waals surface area contributed by atoms with Crippen LogP contribution in [0.15, 0.2) is 60.7 Å². The molecule has 0 atom stereocenters. The molecule has 0 fully saturated rings. The Bertz CT molecular complexity index is 1190. The van der Waals surface area contributed by atoms with Gasteiger partial charge in [0.1, 0.15) is 5.75 Å². The minimum absolute atomic E-state index is 0.0393. The Morgan fingerprint density at radius 3 is 2.00 bits per heavy atom. The van der Waals surface area contributed by atoms with Crippen molar-refractivity contribution in [2.24, 2.45) is 0 Å². The van der Waals surface area contributed by atoms with Crippen molar-refractivity contribution >= 4 is 11.4 Å². The van der Waals surface area contributed by atoms with Crippen molar-refractivity contribution in [3.05, 3.63) is 71.8 Å². The maximum absolute atomic E-state index is 12.3. The van der Waals surface area contributed by atoms with Gasteiger partial charge in [0.15, 0.2) is 35.4 Å². The third kappa shape index (κ3) is 5.17. The monoisotopic (exact) mass is 466 g/mol. The molecule has 34 heavy (non-hydrogen) atoms. The first-order valence-electron chi connectivity index (χ1n) is 10.3. The molecule has 178 valence electrons. The van der Waals surface area contributed by atoms with Crippen LogP contribution in [0.25, 0.3) is 5.57 Å². The second kappa shape index (κ2) is 11.0. The van der Waals surface area contributed by atoms with E-state index in [9.17, 15) is 9.90 Å². The summed E-state index contributed by atoms with van der Waals surface area (Å²) in [7, 11) is 5.95. The molecule has 0 saturated carbocycles. The molecule has 8 heteroatoms. The van der Waals surface area contributed by atoms with Crippen molar-refractivity contribution in [2.75, 3.05) is 35.0 Å². The van der Waals surface area contributed by atoms with E-state index in [0.29, 0.717) is 51.2 Å². The third-order valence-corrected chi connectivity index (χ3v) is 4.98. The van der Waals surface area contributed by atoms with Gasteiger partial charge in [-0.05, 0) is 47.5 Å². The number of para-hydroxylation sites is 1. The molecule has 1 aliphatic rings. The number of hydrogen-bond acceptors (Lipinski definition) is 8. The maximum Gasteiger partial charge on any atom is 0.207 e. The Labute approximate surface area is 197 Å². The summed E-state index contributed by atoms with van der Waals surface area (Å²) in [5.74, 6) is 1.87. The van der Waals surface area contributed by atoms with Crippen LogP contribution in [0.1, 0.15) is 11.1 Å². The van der Waals surface area contributed by atoms with Crippen LogP contribution in [0.4, 0.5) is 0 Å². The SMILES string of the molecule is COc1ccc(C2=CC(=O)COc3c2cc(OC)c(OC)c3OC)cc1O.Oc1ccccc1. The van der Waals surface area contributed by atoms with Gasteiger partial charge in [-0.1, -0.05) is 24.3 Å². The van der Waals surface area contributed by atoms with Crippen LogP contribution in [0, 0.1) is 0 Å². The summed E-state index contributed by atoms with van der Waals surface area (Å²) in [5.41, 5.74) is 1.76. The molecule has 0 aromatic heterocycles. The van der Waals surface area contributed by atoms with Gasteiger partial charge in [-0.15, -0.1) is 0 Å². The largest absolute Gasteiger partial charge is 0.508 e. The number of phenols is 2. The van der Waals surface area contributed by atoms with Crippen molar-refractivity contribution in [2.45, 2.75) is 0 Å². The predicted octanol–water partition coefficient (Wildman–Crippen LogP) is 4.21. The van der Waals surface area contributed by atoms with E-state index in [4.69, 9.17) is 28.8 Å². The highest BCUT2D eigenvalue weighted by Gasteiger charge is 2.27. The molecular formula is C26H26O8. The van der Waals surface area contributed by atoms with Crippen LogP contribution >= 0.6 is 0 Å². The van der Waals surface area contributed by atoms with Crippen molar-refractivity contribution in [1.82, 2.24) is 0 Å². The minimum Gasteiger partial charge on any atom is -0.508 e. The number of ether oxygens (including phenoxy) is 5. The third-order valence-electron chi connectivity index (χ3n) is 4.98. The van der Waals surface area contributed by atoms with E-state index >= 15 is 0 Å². The van der Waals surface area contributed by atoms with Gasteiger partial charge in [0.2, 0.25) is 11.5 Å². The van der Waals surface area contributed by atoms with Crippen LogP contribution in [0.3, 0.4) is 0 Å². The molecule has 3 aromatic carbocycles. The molecule has 0 spiro atoms. The lowest BCUT2D eigenvalue weighted by atomic mass is 9.95. The summed E-state index contributed by atoms with van der Waals surface area (Å²) in [6.07, 6.45) is 1.47. The first kappa shape index (κ1) is 24.3. The summed E-state index contributed by atoms with van der Waals surface area (Å²) in [5, 5.41) is 18.8. The lowest BCUT2D eigenvalue weighted by molar-refractivity contribution is -0.116. The number of benzene rings is 3. The van der Waals surface area contributed by atoms with Crippen molar-refractivity contribution < 1.29 is 38.7 Å². The first-order valence-corrected chi connectivity index (χ1v) is 10.3. The zero-order valence-corrected chi connectivity index (χ0v) is 19.3. The van der Waals surface area contributed by atoms with Crippen LogP contribution in [-0.4, -0.2) is 51.0 Å². The molecule has 0 radical (unpaired) electrons. The van der Waals surface area contributed by atoms with E-state index in [0.717, 1.165) is 0 Å². The average Bonchev–Trinajstić information content (AvgIpc) is 3.02. The number of ketones is 1. The number of fused-ring (bicyclic) bond motifs is 1. The highest BCUT2D eigenvalue weighted by Crippen LogP contribution is 2.50. The molecule has 0 bridgehead atoms. The maximum atomic E-state index is 12.3. The lowest BCUT2D eigenvalue weighted by Crippen LogP contribution is -2.08. The fourth-order valence-electron chi connectivity index (χ4n) is 3.42. The fourth-order valence-corrected chi connectivity index (χ4v) is 3.42. The smallest absolute Gasteiger partial charge is 0.207 e. The summed E-state index contributed by atoms with van der Waals surface area (Å²) >= 11 is 0. The van der Waals surface area contributed by atoms with E-state index in [2.05, 4.69) is 0 Å². The van der Waals surface area contributed by atoms with Gasteiger partial charge < -0.3 is 33.9 Å². The van der Waals surface area contributed by atoms with Crippen molar-refractivity contribution in [3.63, 3.8) is 0 Å². The molecule has 1 aliphatic heterocycles. The Balaban J connectivity index is 0.000000396. The van der Waals surface area contributed by atoms with Crippen LogP contribution in [0.5, 0.6) is 40.2 Å². The van der Waals surface area contributed by atoms with E-state index < -0.39 is 0 Å². The van der Waals surface area contributed by atoms with Crippen LogP contribution in [0.2, 0.25) is 0 Å². The van der Waals surface area contributed by atoms with Crippen molar-refractivity contribution in [1.29, 1.82) is 0 Å². The van der Waals surface area contributed by atoms with E-state index in [1.165, 1.54) is 40.6 Å². The molecular weight excluding hydrogens is 440 g/mol. The molecule has 0 amide bonds. The second-order valence-corrected chi connectivity index (χ2v) is 7.06. The minimum atomic E-state index is -0.225. The fraction of sp³-hybridized carbons (Fsp3) is 0.192. The van der Waals surface area contributed by atoms with Gasteiger partial charge in [-0.2, -0.15) is 0 Å². The number of phenolic OH excluding ortho intramolecular Hbond substituents is 2. The summed E-state index contributed by atoms with van der Waals surface area (Å²) < 4.78 is 27.1. The Hall–Kier alpha value is -4.33. The number of rotatable bonds is 5. The number of aromatic hydroxyl groups is 2. The molecule has 2 N–H and O–H groups in total. The van der Waals surface area contributed by atoms with Gasteiger partial charge in [0.25, 0.3) is 0 Å². The molecule has 0 aliphatic carbocycles. The van der Waals surface area contributed by atoms with E-state index in [1.807, 2.05) is 6.07 Å². The highest BCUT2D eigenvalue weighted by molar-refractivity contribution is 6.04. The molecule has 1 heterocycles. The van der Waals surface area contributed by atoms with E-state index in [-0.39, 0.29) is 18.1 Å². The van der Waals surface area contributed by atoms with Gasteiger partial charge in [0, 0.05) is 5.56 Å². The zero-order valence-electron chi connectivity index (χ0n) is 19.3. The predicted molar refractivity (Wildman–Crippen MR) is 126 cm³/mol. The van der Waals surface area contributed by atoms with Gasteiger partial charge in [-0.25, -0.2) is 0 Å². The molecule has 3 aromatic rings. The zero-order chi connectivity index (χ0) is 24.7. The molecule has 0 saturated heterocycles. The lowest BCUT2D eigenvalue weighted by Gasteiger charge is -2.19. The molecule has 4 rings (SSSR count). The Morgan fingerprint density at radius 2 is 1.47 bits per heavy atom. The number of hydrogen-bond donors (Lipinski definition) is 2. The van der Waals surface area contributed by atoms with Crippen LogP contribution in [-0.2, 0) is 4.79 Å². The van der Waals surface area contributed by atoms with Gasteiger partial charge >= 0.3 is 0 Å². The van der Waals surface area contributed by atoms with Crippen LogP contribution < -0.4 is 23.7 Å². The topological polar surface area (TPSA) is 104 Å². The molecule has 0 unspecified atom stereocenters. The normalized spacial score (nSPS) is 12.1. The molecule has 8 nitrogen and oxygen atoms in total. The first-order chi connectivity index (χ1) is 16.4. The van der Waals surface area contributed by atoms with Gasteiger partial charge in [0.05, 0.1) is 28.4 Å². The van der Waals surface area contributed by atoms with E-state index in [1.54, 1.807) is 42.5 Å². The summed E-state index contributed by atoms with van der Waals surface area (Å²) in [4.78, 5) is 12.3. The number of carbonyl (C=O) groups excluding carboxylic acids is 1. The summed E-state index contributed by atoms with van der Waals surface area (Å²) in [6.45, 7) is -0.148. The Morgan fingerprint density at radius 1 is 0.794 bits per heavy atom. The average molecular weight is 466 g/mol. The quantitative estimate of drug-likeness (QED) is 0.576.